The largest absolute Gasteiger partial charge is 0.290 e. The van der Waals surface area contributed by atoms with Gasteiger partial charge in [0, 0.05) is 5.41 Å². The van der Waals surface area contributed by atoms with Crippen LogP contribution >= 0.6 is 0 Å². The van der Waals surface area contributed by atoms with Crippen molar-refractivity contribution in [2.24, 2.45) is 46.3 Å². The van der Waals surface area contributed by atoms with Gasteiger partial charge in [0.25, 0.3) is 0 Å². The molecule has 1 nitrogen and oxygen atoms in total. The van der Waals surface area contributed by atoms with Gasteiger partial charge in [-0.05, 0) is 91.6 Å². The van der Waals surface area contributed by atoms with Gasteiger partial charge in [-0.3, -0.25) is 4.79 Å². The monoisotopic (exact) mass is 382 g/mol. The maximum atomic E-state index is 11.9. The van der Waals surface area contributed by atoms with Crippen molar-refractivity contribution < 1.29 is 4.79 Å². The van der Waals surface area contributed by atoms with Gasteiger partial charge in [0.05, 0.1) is 0 Å². The van der Waals surface area contributed by atoms with Crippen molar-refractivity contribution in [1.82, 2.24) is 0 Å². The summed E-state index contributed by atoms with van der Waals surface area (Å²) in [6.45, 7) is 12.4. The Balaban J connectivity index is 1.50. The van der Waals surface area contributed by atoms with Crippen LogP contribution in [0, 0.1) is 46.3 Å². The van der Waals surface area contributed by atoms with Crippen LogP contribution in [-0.4, -0.2) is 5.78 Å². The minimum atomic E-state index is 0.152. The highest BCUT2D eigenvalue weighted by Gasteiger charge is 2.58. The normalized spacial score (nSPS) is 43.4. The second-order valence-electron chi connectivity index (χ2n) is 11.6. The number of allylic oxidation sites excluding steroid dienone is 4. The van der Waals surface area contributed by atoms with Crippen LogP contribution in [-0.2, 0) is 4.79 Å². The van der Waals surface area contributed by atoms with Crippen LogP contribution in [0.2, 0.25) is 0 Å². The average molecular weight is 383 g/mol. The molecule has 3 unspecified atom stereocenters. The second-order valence-corrected chi connectivity index (χ2v) is 11.6. The molecule has 0 aromatic heterocycles. The number of hydrogen-bond donors (Lipinski definition) is 0. The number of hydrogen-bond acceptors (Lipinski definition) is 1. The first-order valence-corrected chi connectivity index (χ1v) is 12.2. The fourth-order valence-electron chi connectivity index (χ4n) is 8.22. The van der Waals surface area contributed by atoms with Crippen LogP contribution in [0.15, 0.2) is 23.8 Å². The fraction of sp³-hybridized carbons (Fsp3) is 0.815. The van der Waals surface area contributed by atoms with Gasteiger partial charge >= 0.3 is 0 Å². The first-order chi connectivity index (χ1) is 13.3. The lowest BCUT2D eigenvalue weighted by Crippen LogP contribution is -2.50. The van der Waals surface area contributed by atoms with Crippen LogP contribution in [0.5, 0.6) is 0 Å². The lowest BCUT2D eigenvalue weighted by atomic mass is 9.47. The molecule has 0 aromatic rings. The Morgan fingerprint density at radius 3 is 2.57 bits per heavy atom. The van der Waals surface area contributed by atoms with Crippen molar-refractivity contribution in [1.29, 1.82) is 0 Å². The Labute approximate surface area is 173 Å². The molecule has 0 spiro atoms. The molecule has 4 aliphatic rings. The van der Waals surface area contributed by atoms with E-state index in [9.17, 15) is 4.79 Å². The van der Waals surface area contributed by atoms with E-state index in [1.165, 1.54) is 56.9 Å². The molecule has 28 heavy (non-hydrogen) atoms. The summed E-state index contributed by atoms with van der Waals surface area (Å²) < 4.78 is 0. The van der Waals surface area contributed by atoms with E-state index in [1.807, 2.05) is 12.2 Å². The number of carbonyl (C=O) groups excluding carboxylic acids is 1. The molecule has 3 fully saturated rings. The van der Waals surface area contributed by atoms with Gasteiger partial charge in [-0.2, -0.15) is 0 Å². The maximum absolute atomic E-state index is 11.9. The highest BCUT2D eigenvalue weighted by molar-refractivity contribution is 6.01. The minimum Gasteiger partial charge on any atom is -0.290 e. The van der Waals surface area contributed by atoms with Crippen LogP contribution in [0.4, 0.5) is 0 Å². The minimum absolute atomic E-state index is 0.152. The molecule has 0 aromatic carbocycles. The van der Waals surface area contributed by atoms with E-state index in [4.69, 9.17) is 0 Å². The number of carbonyl (C=O) groups is 1. The summed E-state index contributed by atoms with van der Waals surface area (Å²) in [5.74, 6) is 5.40. The Hall–Kier alpha value is -0.850. The maximum Gasteiger partial charge on any atom is 0.178 e. The third-order valence-electron chi connectivity index (χ3n) is 9.76. The summed E-state index contributed by atoms with van der Waals surface area (Å²) in [5.41, 5.74) is 2.14. The SMILES string of the molecule is CC(C)CCC[C@@H](C)[C@H]1CCC2C3CCC4=CC(=O)C=C[C@]4(C)C3CC[C@@]21C. The van der Waals surface area contributed by atoms with Gasteiger partial charge in [0.1, 0.15) is 0 Å². The van der Waals surface area contributed by atoms with E-state index in [0.29, 0.717) is 5.41 Å². The topological polar surface area (TPSA) is 17.1 Å². The van der Waals surface area contributed by atoms with E-state index >= 15 is 0 Å². The lowest BCUT2D eigenvalue weighted by molar-refractivity contribution is -0.111. The van der Waals surface area contributed by atoms with Crippen molar-refractivity contribution in [3.63, 3.8) is 0 Å². The van der Waals surface area contributed by atoms with E-state index in [0.717, 1.165) is 41.9 Å². The molecule has 0 aliphatic heterocycles. The van der Waals surface area contributed by atoms with Crippen LogP contribution in [0.1, 0.15) is 92.4 Å². The molecular weight excluding hydrogens is 340 g/mol. The summed E-state index contributed by atoms with van der Waals surface area (Å²) >= 11 is 0. The Kier molecular flexibility index (Phi) is 5.43. The summed E-state index contributed by atoms with van der Waals surface area (Å²) in [7, 11) is 0. The number of rotatable bonds is 5. The molecule has 0 radical (unpaired) electrons. The van der Waals surface area contributed by atoms with Crippen molar-refractivity contribution >= 4 is 5.78 Å². The zero-order valence-electron chi connectivity index (χ0n) is 19.0. The second kappa shape index (κ2) is 7.44. The predicted molar refractivity (Wildman–Crippen MR) is 118 cm³/mol. The highest BCUT2D eigenvalue weighted by atomic mass is 16.1. The van der Waals surface area contributed by atoms with Crippen molar-refractivity contribution in [3.05, 3.63) is 23.8 Å². The van der Waals surface area contributed by atoms with Gasteiger partial charge < -0.3 is 0 Å². The molecule has 0 amide bonds. The van der Waals surface area contributed by atoms with Gasteiger partial charge in [0.2, 0.25) is 0 Å². The molecule has 156 valence electrons. The predicted octanol–water partition coefficient (Wildman–Crippen LogP) is 7.37. The smallest absolute Gasteiger partial charge is 0.178 e. The van der Waals surface area contributed by atoms with E-state index in [-0.39, 0.29) is 11.2 Å². The molecule has 0 saturated heterocycles. The summed E-state index contributed by atoms with van der Waals surface area (Å²) in [4.78, 5) is 11.9. The molecule has 0 N–H and O–H groups in total. The summed E-state index contributed by atoms with van der Waals surface area (Å²) in [5, 5.41) is 0. The van der Waals surface area contributed by atoms with Gasteiger partial charge in [-0.1, -0.05) is 65.5 Å². The van der Waals surface area contributed by atoms with Crippen molar-refractivity contribution in [2.75, 3.05) is 0 Å². The quantitative estimate of drug-likeness (QED) is 0.485. The molecule has 4 rings (SSSR count). The molecular formula is C27H42O. The lowest BCUT2D eigenvalue weighted by Gasteiger charge is -2.57. The van der Waals surface area contributed by atoms with Gasteiger partial charge in [-0.15, -0.1) is 0 Å². The van der Waals surface area contributed by atoms with E-state index < -0.39 is 0 Å². The average Bonchev–Trinajstić information content (AvgIpc) is 2.99. The molecule has 4 aliphatic carbocycles. The van der Waals surface area contributed by atoms with Crippen molar-refractivity contribution in [3.8, 4) is 0 Å². The van der Waals surface area contributed by atoms with Gasteiger partial charge in [0.15, 0.2) is 5.78 Å². The number of fused-ring (bicyclic) bond motifs is 5. The first kappa shape index (κ1) is 20.4. The molecule has 0 bridgehead atoms. The molecule has 1 heteroatoms. The third kappa shape index (κ3) is 3.25. The zero-order chi connectivity index (χ0) is 20.1. The Morgan fingerprint density at radius 2 is 1.82 bits per heavy atom. The highest BCUT2D eigenvalue weighted by Crippen LogP contribution is 2.67. The standard InChI is InChI=1S/C27H42O/c1-18(2)7-6-8-19(3)23-11-12-24-22-10-9-20-17-21(28)13-15-26(20,4)25(22)14-16-27(23,24)5/h13,15,17-19,22-25H,6-12,14,16H2,1-5H3/t19-,22?,23-,24?,25?,26+,27-/m1/s1. The van der Waals surface area contributed by atoms with Gasteiger partial charge in [-0.25, -0.2) is 0 Å². The zero-order valence-corrected chi connectivity index (χ0v) is 19.0. The first-order valence-electron chi connectivity index (χ1n) is 12.2. The van der Waals surface area contributed by atoms with E-state index in [2.05, 4.69) is 40.7 Å². The number of ketones is 1. The van der Waals surface area contributed by atoms with Crippen LogP contribution < -0.4 is 0 Å². The Morgan fingerprint density at radius 1 is 1.04 bits per heavy atom. The van der Waals surface area contributed by atoms with Crippen molar-refractivity contribution in [2.45, 2.75) is 92.4 Å². The van der Waals surface area contributed by atoms with E-state index in [1.54, 1.807) is 0 Å². The fourth-order valence-corrected chi connectivity index (χ4v) is 8.22. The van der Waals surface area contributed by atoms with Crippen LogP contribution in [0.3, 0.4) is 0 Å². The summed E-state index contributed by atoms with van der Waals surface area (Å²) in [6, 6.07) is 0. The molecule has 0 heterocycles. The van der Waals surface area contributed by atoms with Crippen LogP contribution in [0.25, 0.3) is 0 Å². The molecule has 3 saturated carbocycles. The third-order valence-corrected chi connectivity index (χ3v) is 9.76. The Bertz CT molecular complexity index is 670. The molecule has 7 atom stereocenters. The summed E-state index contributed by atoms with van der Waals surface area (Å²) in [6.07, 6.45) is 18.5.